The molecule has 0 aromatic rings. The van der Waals surface area contributed by atoms with Gasteiger partial charge in [-0.1, -0.05) is 19.8 Å². The minimum absolute atomic E-state index is 0.132. The van der Waals surface area contributed by atoms with Crippen molar-refractivity contribution in [3.8, 4) is 11.8 Å². The van der Waals surface area contributed by atoms with E-state index in [1.54, 1.807) is 6.92 Å². The molecule has 0 radical (unpaired) electrons. The first-order valence-electron chi connectivity index (χ1n) is 6.32. The summed E-state index contributed by atoms with van der Waals surface area (Å²) in [7, 11) is 0. The van der Waals surface area contributed by atoms with Crippen molar-refractivity contribution in [1.29, 1.82) is 0 Å². The van der Waals surface area contributed by atoms with Crippen molar-refractivity contribution in [1.82, 2.24) is 5.32 Å². The summed E-state index contributed by atoms with van der Waals surface area (Å²) in [6.45, 7) is 8.53. The molecule has 1 aliphatic heterocycles. The lowest BCUT2D eigenvalue weighted by molar-refractivity contribution is -0.116. The van der Waals surface area contributed by atoms with E-state index < -0.39 is 0 Å². The molecule has 0 atom stereocenters. The van der Waals surface area contributed by atoms with E-state index in [0.29, 0.717) is 6.54 Å². The summed E-state index contributed by atoms with van der Waals surface area (Å²) in [5.74, 6) is 5.66. The first kappa shape index (κ1) is 14.1. The predicted octanol–water partition coefficient (Wildman–Crippen LogP) is 1.97. The molecule has 0 aromatic heterocycles. The third-order valence-corrected chi connectivity index (χ3v) is 3.15. The normalized spacial score (nSPS) is 17.1. The number of carbonyl (C=O) groups excluding carboxylic acids is 1. The number of rotatable bonds is 4. The number of hydrogen-bond donors (Lipinski definition) is 1. The van der Waals surface area contributed by atoms with Crippen LogP contribution in [0.15, 0.2) is 0 Å². The van der Waals surface area contributed by atoms with E-state index in [1.807, 2.05) is 0 Å². The third kappa shape index (κ3) is 5.74. The minimum atomic E-state index is -0.174. The van der Waals surface area contributed by atoms with E-state index in [4.69, 9.17) is 4.74 Å². The van der Waals surface area contributed by atoms with Crippen LogP contribution in [0.1, 0.15) is 40.0 Å². The fourth-order valence-electron chi connectivity index (χ4n) is 2.28. The van der Waals surface area contributed by atoms with Crippen molar-refractivity contribution in [3.63, 3.8) is 0 Å². The highest BCUT2D eigenvalue weighted by Gasteiger charge is 2.25. The number of carbonyl (C=O) groups is 1. The Balaban J connectivity index is 2.33. The van der Waals surface area contributed by atoms with Gasteiger partial charge in [-0.15, -0.1) is 0 Å². The minimum Gasteiger partial charge on any atom is -0.381 e. The van der Waals surface area contributed by atoms with E-state index in [-0.39, 0.29) is 11.3 Å². The highest BCUT2D eigenvalue weighted by Crippen LogP contribution is 2.30. The maximum absolute atomic E-state index is 11.3. The molecule has 0 aliphatic carbocycles. The van der Waals surface area contributed by atoms with Gasteiger partial charge in [-0.2, -0.15) is 0 Å². The Bertz CT molecular complexity index is 306. The maximum Gasteiger partial charge on any atom is 0.295 e. The van der Waals surface area contributed by atoms with Gasteiger partial charge in [0.25, 0.3) is 5.91 Å². The van der Waals surface area contributed by atoms with Gasteiger partial charge in [-0.05, 0) is 43.4 Å². The smallest absolute Gasteiger partial charge is 0.295 e. The summed E-state index contributed by atoms with van der Waals surface area (Å²) < 4.78 is 5.36. The largest absolute Gasteiger partial charge is 0.381 e. The molecular formula is C14H23NO2. The summed E-state index contributed by atoms with van der Waals surface area (Å²) in [5, 5.41) is 2.87. The van der Waals surface area contributed by atoms with Crippen LogP contribution >= 0.6 is 0 Å². The summed E-state index contributed by atoms with van der Waals surface area (Å²) >= 11 is 0. The Kier molecular flexibility index (Phi) is 5.50. The van der Waals surface area contributed by atoms with Crippen LogP contribution in [-0.2, 0) is 9.53 Å². The zero-order chi connectivity index (χ0) is 12.7. The Labute approximate surface area is 104 Å². The molecule has 1 aliphatic rings. The van der Waals surface area contributed by atoms with Crippen molar-refractivity contribution >= 4 is 5.91 Å². The van der Waals surface area contributed by atoms with Crippen molar-refractivity contribution < 1.29 is 9.53 Å². The molecule has 0 aromatic carbocycles. The van der Waals surface area contributed by atoms with Gasteiger partial charge in [0.05, 0.1) is 0 Å². The fraction of sp³-hybridized carbons (Fsp3) is 0.786. The van der Waals surface area contributed by atoms with Gasteiger partial charge in [-0.25, -0.2) is 0 Å². The summed E-state index contributed by atoms with van der Waals surface area (Å²) in [5.41, 5.74) is 0.132. The molecule has 1 N–H and O–H groups in total. The first-order chi connectivity index (χ1) is 8.03. The topological polar surface area (TPSA) is 38.3 Å². The predicted molar refractivity (Wildman–Crippen MR) is 68.4 cm³/mol. The fourth-order valence-corrected chi connectivity index (χ4v) is 2.28. The maximum atomic E-state index is 11.3. The highest BCUT2D eigenvalue weighted by molar-refractivity contribution is 5.93. The molecule has 0 spiro atoms. The van der Waals surface area contributed by atoms with Gasteiger partial charge >= 0.3 is 0 Å². The van der Waals surface area contributed by atoms with E-state index in [9.17, 15) is 4.79 Å². The van der Waals surface area contributed by atoms with E-state index in [1.165, 1.54) is 0 Å². The SMILES string of the molecule is CC#CC(=O)NCC(C)(C)CC1CCOCC1. The molecule has 1 fully saturated rings. The number of amides is 1. The van der Waals surface area contributed by atoms with Crippen LogP contribution in [0.5, 0.6) is 0 Å². The monoisotopic (exact) mass is 237 g/mol. The second-order valence-corrected chi connectivity index (χ2v) is 5.48. The van der Waals surface area contributed by atoms with Gasteiger partial charge < -0.3 is 10.1 Å². The second kappa shape index (κ2) is 6.66. The van der Waals surface area contributed by atoms with Crippen LogP contribution in [0.25, 0.3) is 0 Å². The molecule has 3 nitrogen and oxygen atoms in total. The molecule has 17 heavy (non-hydrogen) atoms. The molecule has 0 saturated carbocycles. The lowest BCUT2D eigenvalue weighted by Gasteiger charge is -2.31. The highest BCUT2D eigenvalue weighted by atomic mass is 16.5. The second-order valence-electron chi connectivity index (χ2n) is 5.48. The lowest BCUT2D eigenvalue weighted by Crippen LogP contribution is -2.35. The lowest BCUT2D eigenvalue weighted by atomic mass is 9.80. The van der Waals surface area contributed by atoms with Crippen LogP contribution in [0.3, 0.4) is 0 Å². The van der Waals surface area contributed by atoms with Crippen molar-refractivity contribution in [2.75, 3.05) is 19.8 Å². The van der Waals surface area contributed by atoms with E-state index in [0.717, 1.165) is 38.4 Å². The van der Waals surface area contributed by atoms with E-state index >= 15 is 0 Å². The van der Waals surface area contributed by atoms with Crippen LogP contribution < -0.4 is 5.32 Å². The van der Waals surface area contributed by atoms with Crippen LogP contribution in [0.2, 0.25) is 0 Å². The summed E-state index contributed by atoms with van der Waals surface area (Å²) in [4.78, 5) is 11.3. The zero-order valence-electron chi connectivity index (χ0n) is 11.1. The quantitative estimate of drug-likeness (QED) is 0.759. The van der Waals surface area contributed by atoms with Crippen LogP contribution in [-0.4, -0.2) is 25.7 Å². The van der Waals surface area contributed by atoms with Crippen LogP contribution in [0, 0.1) is 23.2 Å². The Morgan fingerprint density at radius 1 is 1.41 bits per heavy atom. The molecule has 1 rings (SSSR count). The van der Waals surface area contributed by atoms with Gasteiger partial charge in [0.15, 0.2) is 0 Å². The van der Waals surface area contributed by atoms with E-state index in [2.05, 4.69) is 31.0 Å². The van der Waals surface area contributed by atoms with Crippen molar-refractivity contribution in [2.45, 2.75) is 40.0 Å². The number of nitrogens with one attached hydrogen (secondary N) is 1. The average molecular weight is 237 g/mol. The van der Waals surface area contributed by atoms with Gasteiger partial charge in [0.1, 0.15) is 0 Å². The molecule has 1 saturated heterocycles. The van der Waals surface area contributed by atoms with Crippen molar-refractivity contribution in [3.05, 3.63) is 0 Å². The summed E-state index contributed by atoms with van der Waals surface area (Å²) in [6.07, 6.45) is 3.43. The van der Waals surface area contributed by atoms with Gasteiger partial charge in [0, 0.05) is 19.8 Å². The molecule has 3 heteroatoms. The molecule has 1 amide bonds. The Morgan fingerprint density at radius 2 is 2.06 bits per heavy atom. The zero-order valence-corrected chi connectivity index (χ0v) is 11.1. The molecule has 0 unspecified atom stereocenters. The number of ether oxygens (including phenoxy) is 1. The molecule has 0 bridgehead atoms. The van der Waals surface area contributed by atoms with Gasteiger partial charge in [0.2, 0.25) is 0 Å². The Morgan fingerprint density at radius 3 is 2.65 bits per heavy atom. The van der Waals surface area contributed by atoms with Crippen LogP contribution in [0.4, 0.5) is 0 Å². The molecule has 96 valence electrons. The standard InChI is InChI=1S/C14H23NO2/c1-4-5-13(16)15-11-14(2,3)10-12-6-8-17-9-7-12/h12H,6-11H2,1-3H3,(H,15,16). The number of hydrogen-bond acceptors (Lipinski definition) is 2. The third-order valence-electron chi connectivity index (χ3n) is 3.15. The first-order valence-corrected chi connectivity index (χ1v) is 6.32. The molecule has 1 heterocycles. The van der Waals surface area contributed by atoms with Gasteiger partial charge in [-0.3, -0.25) is 4.79 Å². The Hall–Kier alpha value is -1.01. The molecular weight excluding hydrogens is 214 g/mol. The van der Waals surface area contributed by atoms with Crippen molar-refractivity contribution in [2.24, 2.45) is 11.3 Å². The average Bonchev–Trinajstić information content (AvgIpc) is 2.28. The summed E-state index contributed by atoms with van der Waals surface area (Å²) in [6, 6.07) is 0.